The van der Waals surface area contributed by atoms with Gasteiger partial charge in [-0.15, -0.1) is 10.1 Å². The van der Waals surface area contributed by atoms with E-state index in [4.69, 9.17) is 9.47 Å². The van der Waals surface area contributed by atoms with Gasteiger partial charge >= 0.3 is 11.9 Å². The molecule has 0 aromatic rings. The Balaban J connectivity index is 1.62. The monoisotopic (exact) mass is 621 g/mol. The molecule has 244 valence electrons. The molecule has 0 heterocycles. The maximum atomic E-state index is 17.6. The van der Waals surface area contributed by atoms with E-state index >= 15 is 4.39 Å². The van der Waals surface area contributed by atoms with E-state index in [0.29, 0.717) is 31.3 Å². The molecule has 0 bridgehead atoms. The quantitative estimate of drug-likeness (QED) is 0.134. The first-order chi connectivity index (χ1) is 20.7. The zero-order valence-electron chi connectivity index (χ0n) is 26.0. The molecule has 44 heavy (non-hydrogen) atoms. The lowest BCUT2D eigenvalue weighted by molar-refractivity contribution is -0.757. The molecule has 0 saturated heterocycles. The number of fused-ring (bicyclic) bond motifs is 5. The summed E-state index contributed by atoms with van der Waals surface area (Å²) in [6.45, 7) is 6.35. The van der Waals surface area contributed by atoms with Gasteiger partial charge in [0.05, 0.1) is 12.7 Å². The van der Waals surface area contributed by atoms with Crippen LogP contribution in [0.4, 0.5) is 4.39 Å². The van der Waals surface area contributed by atoms with Crippen molar-refractivity contribution in [2.45, 2.75) is 109 Å². The fourth-order valence-electron chi connectivity index (χ4n) is 8.79. The number of aliphatic hydroxyl groups excluding tert-OH is 1. The Bertz CT molecular complexity index is 1250. The fourth-order valence-corrected chi connectivity index (χ4v) is 8.79. The standard InChI is InChI=1S/C32H44FNO10/c1-5-6-9-28(39)44-32(26(37)19-42-27(38)10-7-8-15-43-34(40)41)20(2)16-24-23-12-11-21-17-22(35)13-14-29(21,3)31(23,33)25(36)18-30(24,32)4/h13-14,17,20,23-25,36H,5-12,15-16,18-19H2,1-4H3/t20-,23?,24-,25-,29-,30-,31-,32-/m0/s1. The Kier molecular flexibility index (Phi) is 9.73. The van der Waals surface area contributed by atoms with Crippen molar-refractivity contribution in [1.82, 2.24) is 0 Å². The summed E-state index contributed by atoms with van der Waals surface area (Å²) in [5.41, 5.74) is -5.61. The number of ether oxygens (including phenoxy) is 2. The van der Waals surface area contributed by atoms with Gasteiger partial charge in [-0.05, 0) is 69.9 Å². The Morgan fingerprint density at radius 2 is 1.84 bits per heavy atom. The summed E-state index contributed by atoms with van der Waals surface area (Å²) in [4.78, 5) is 66.5. The number of halogens is 1. The van der Waals surface area contributed by atoms with E-state index in [0.717, 1.165) is 6.42 Å². The third-order valence-corrected chi connectivity index (χ3v) is 10.9. The lowest BCUT2D eigenvalue weighted by Gasteiger charge is -2.62. The van der Waals surface area contributed by atoms with Gasteiger partial charge in [0.15, 0.2) is 23.7 Å². The van der Waals surface area contributed by atoms with Crippen LogP contribution >= 0.6 is 0 Å². The summed E-state index contributed by atoms with van der Waals surface area (Å²) in [5.74, 6) is -3.80. The van der Waals surface area contributed by atoms with E-state index in [2.05, 4.69) is 4.84 Å². The number of carbonyl (C=O) groups is 4. The Hall–Kier alpha value is -3.15. The van der Waals surface area contributed by atoms with Crippen LogP contribution < -0.4 is 0 Å². The maximum Gasteiger partial charge on any atom is 0.306 e. The van der Waals surface area contributed by atoms with E-state index in [1.165, 1.54) is 12.2 Å². The molecule has 4 aliphatic carbocycles. The number of rotatable bonds is 13. The van der Waals surface area contributed by atoms with Crippen molar-refractivity contribution >= 4 is 23.5 Å². The normalized spacial score (nSPS) is 37.2. The second kappa shape index (κ2) is 12.7. The first kappa shape index (κ1) is 33.7. The topological polar surface area (TPSA) is 159 Å². The van der Waals surface area contributed by atoms with Crippen molar-refractivity contribution < 1.29 is 48.1 Å². The minimum absolute atomic E-state index is 0.0785. The molecule has 0 radical (unpaired) electrons. The highest BCUT2D eigenvalue weighted by Crippen LogP contribution is 2.71. The fraction of sp³-hybridized carbons (Fsp3) is 0.750. The van der Waals surface area contributed by atoms with Gasteiger partial charge in [0.25, 0.3) is 5.09 Å². The second-order valence-electron chi connectivity index (χ2n) is 13.3. The van der Waals surface area contributed by atoms with E-state index in [1.807, 2.05) is 6.92 Å². The number of hydrogen-bond donors (Lipinski definition) is 1. The molecule has 3 fully saturated rings. The molecule has 0 amide bonds. The van der Waals surface area contributed by atoms with Crippen molar-refractivity contribution in [2.24, 2.45) is 28.6 Å². The number of nitrogens with zero attached hydrogens (tertiary/aromatic N) is 1. The van der Waals surface area contributed by atoms with Gasteiger partial charge in [-0.1, -0.05) is 38.8 Å². The van der Waals surface area contributed by atoms with Gasteiger partial charge in [-0.2, -0.15) is 0 Å². The zero-order chi connectivity index (χ0) is 32.5. The van der Waals surface area contributed by atoms with Gasteiger partial charge in [-0.3, -0.25) is 19.2 Å². The molecule has 0 aromatic carbocycles. The van der Waals surface area contributed by atoms with Gasteiger partial charge in [0.1, 0.15) is 0 Å². The van der Waals surface area contributed by atoms with Crippen molar-refractivity contribution in [3.05, 3.63) is 33.9 Å². The van der Waals surface area contributed by atoms with Crippen LogP contribution in [0.25, 0.3) is 0 Å². The van der Waals surface area contributed by atoms with Crippen LogP contribution in [0.1, 0.15) is 91.9 Å². The molecular weight excluding hydrogens is 577 g/mol. The van der Waals surface area contributed by atoms with E-state index in [1.54, 1.807) is 26.8 Å². The van der Waals surface area contributed by atoms with Crippen LogP contribution in [-0.4, -0.2) is 64.3 Å². The van der Waals surface area contributed by atoms with Gasteiger partial charge in [-0.25, -0.2) is 4.39 Å². The SMILES string of the molecule is CCCCC(=O)O[C@]1(C(=O)COC(=O)CCCCO[N+](=O)[O-])[C@@H](C)C[C@H]2C3CCC4=CC(=O)C=C[C@]4(C)[C@@]3(F)[C@@H](O)C[C@@]21C. The number of ketones is 2. The molecule has 0 spiro atoms. The molecule has 0 aliphatic heterocycles. The smallest absolute Gasteiger partial charge is 0.306 e. The maximum absolute atomic E-state index is 17.6. The predicted octanol–water partition coefficient (Wildman–Crippen LogP) is 4.57. The number of unbranched alkanes of at least 4 members (excludes halogenated alkanes) is 2. The second-order valence-corrected chi connectivity index (χ2v) is 13.3. The summed E-state index contributed by atoms with van der Waals surface area (Å²) in [7, 11) is 0. The average Bonchev–Trinajstić information content (AvgIpc) is 3.17. The van der Waals surface area contributed by atoms with Crippen LogP contribution in [0.3, 0.4) is 0 Å². The summed E-state index contributed by atoms with van der Waals surface area (Å²) in [5, 5.41) is 21.1. The van der Waals surface area contributed by atoms with Gasteiger partial charge < -0.3 is 19.4 Å². The molecule has 1 N–H and O–H groups in total. The minimum Gasteiger partial charge on any atom is -0.457 e. The molecular formula is C32H44FNO10. The number of carbonyl (C=O) groups excluding carboxylic acids is 4. The van der Waals surface area contributed by atoms with Crippen LogP contribution in [0.5, 0.6) is 0 Å². The van der Waals surface area contributed by atoms with Gasteiger partial charge in [0, 0.05) is 35.5 Å². The molecule has 11 nitrogen and oxygen atoms in total. The van der Waals surface area contributed by atoms with Crippen molar-refractivity contribution in [1.29, 1.82) is 0 Å². The molecule has 12 heteroatoms. The van der Waals surface area contributed by atoms with Crippen molar-refractivity contribution in [2.75, 3.05) is 13.2 Å². The zero-order valence-corrected chi connectivity index (χ0v) is 26.0. The summed E-state index contributed by atoms with van der Waals surface area (Å²) < 4.78 is 29.1. The first-order valence-electron chi connectivity index (χ1n) is 15.7. The Morgan fingerprint density at radius 3 is 2.52 bits per heavy atom. The van der Waals surface area contributed by atoms with Crippen LogP contribution in [0, 0.1) is 38.7 Å². The summed E-state index contributed by atoms with van der Waals surface area (Å²) >= 11 is 0. The van der Waals surface area contributed by atoms with Crippen molar-refractivity contribution in [3.63, 3.8) is 0 Å². The van der Waals surface area contributed by atoms with Crippen LogP contribution in [0.2, 0.25) is 0 Å². The Morgan fingerprint density at radius 1 is 1.14 bits per heavy atom. The summed E-state index contributed by atoms with van der Waals surface area (Å²) in [6, 6.07) is 0. The largest absolute Gasteiger partial charge is 0.457 e. The molecule has 0 aromatic heterocycles. The molecule has 4 aliphatic rings. The highest BCUT2D eigenvalue weighted by molar-refractivity contribution is 6.01. The average molecular weight is 622 g/mol. The van der Waals surface area contributed by atoms with Gasteiger partial charge in [0.2, 0.25) is 5.78 Å². The lowest BCUT2D eigenvalue weighted by atomic mass is 9.44. The lowest BCUT2D eigenvalue weighted by Crippen LogP contribution is -2.70. The van der Waals surface area contributed by atoms with Crippen molar-refractivity contribution in [3.8, 4) is 0 Å². The third kappa shape index (κ3) is 5.47. The molecule has 1 unspecified atom stereocenters. The Labute approximate surface area is 256 Å². The van der Waals surface area contributed by atoms with E-state index in [9.17, 15) is 34.4 Å². The van der Waals surface area contributed by atoms with E-state index in [-0.39, 0.29) is 44.5 Å². The number of allylic oxidation sites excluding steroid dienone is 4. The number of esters is 2. The number of Topliss-reactive ketones (excluding diaryl/α,β-unsaturated/α-hetero) is 1. The minimum atomic E-state index is -2.12. The van der Waals surface area contributed by atoms with E-state index < -0.39 is 75.4 Å². The highest BCUT2D eigenvalue weighted by Gasteiger charge is 2.77. The first-order valence-corrected chi connectivity index (χ1v) is 15.7. The number of aliphatic hydroxyl groups is 1. The number of alkyl halides is 1. The predicted molar refractivity (Wildman–Crippen MR) is 154 cm³/mol. The number of hydrogen-bond acceptors (Lipinski definition) is 10. The summed E-state index contributed by atoms with van der Waals surface area (Å²) in [6.07, 6.45) is 5.58. The van der Waals surface area contributed by atoms with Crippen LogP contribution in [-0.2, 0) is 33.5 Å². The highest BCUT2D eigenvalue weighted by atomic mass is 19.1. The third-order valence-electron chi connectivity index (χ3n) is 10.9. The molecule has 3 saturated carbocycles. The van der Waals surface area contributed by atoms with Crippen LogP contribution in [0.15, 0.2) is 23.8 Å². The molecule has 4 rings (SSSR count). The molecule has 8 atom stereocenters.